The summed E-state index contributed by atoms with van der Waals surface area (Å²) >= 11 is 5.84. The molecule has 0 N–H and O–H groups in total. The quantitative estimate of drug-likeness (QED) is 0.808. The van der Waals surface area contributed by atoms with Gasteiger partial charge in [0.05, 0.1) is 16.9 Å². The summed E-state index contributed by atoms with van der Waals surface area (Å²) in [6, 6.07) is 4.31. The van der Waals surface area contributed by atoms with Crippen LogP contribution in [0.5, 0.6) is 0 Å². The summed E-state index contributed by atoms with van der Waals surface area (Å²) in [4.78, 5) is 17.8. The number of amides is 1. The molecule has 1 amide bonds. The highest BCUT2D eigenvalue weighted by atomic mass is 35.5. The molecule has 1 heterocycles. The van der Waals surface area contributed by atoms with E-state index in [0.29, 0.717) is 17.9 Å². The monoisotopic (exact) mass is 283 g/mol. The first-order valence-corrected chi connectivity index (χ1v) is 6.54. The van der Waals surface area contributed by atoms with Crippen LogP contribution in [0.2, 0.25) is 0 Å². The maximum atomic E-state index is 13.2. The van der Waals surface area contributed by atoms with Crippen molar-refractivity contribution in [2.45, 2.75) is 19.3 Å². The lowest BCUT2D eigenvalue weighted by Gasteiger charge is -2.16. The lowest BCUT2D eigenvalue weighted by molar-refractivity contribution is -0.130. The SMILES string of the molecule is CCN(C)C(=O)Cn1c(CCl)nc2cc(F)ccc21. The molecular weight excluding hydrogens is 269 g/mol. The Morgan fingerprint density at radius 2 is 2.26 bits per heavy atom. The van der Waals surface area contributed by atoms with Crippen molar-refractivity contribution in [1.82, 2.24) is 14.5 Å². The van der Waals surface area contributed by atoms with Crippen LogP contribution in [-0.4, -0.2) is 34.0 Å². The Morgan fingerprint density at radius 3 is 2.89 bits per heavy atom. The Kier molecular flexibility index (Phi) is 4.04. The van der Waals surface area contributed by atoms with E-state index in [4.69, 9.17) is 11.6 Å². The van der Waals surface area contributed by atoms with Gasteiger partial charge < -0.3 is 9.47 Å². The number of benzene rings is 1. The van der Waals surface area contributed by atoms with E-state index in [9.17, 15) is 9.18 Å². The molecule has 0 saturated carbocycles. The standard InChI is InChI=1S/C13H15ClFN3O/c1-3-17(2)13(19)8-18-11-5-4-9(15)6-10(11)16-12(18)7-14/h4-6H,3,7-8H2,1-2H3. The van der Waals surface area contributed by atoms with Crippen molar-refractivity contribution in [3.05, 3.63) is 29.8 Å². The molecule has 0 spiro atoms. The van der Waals surface area contributed by atoms with Gasteiger partial charge in [0.2, 0.25) is 5.91 Å². The number of rotatable bonds is 4. The second kappa shape index (κ2) is 5.57. The van der Waals surface area contributed by atoms with Crippen LogP contribution >= 0.6 is 11.6 Å². The zero-order chi connectivity index (χ0) is 14.0. The van der Waals surface area contributed by atoms with Crippen LogP contribution in [0, 0.1) is 5.82 Å². The van der Waals surface area contributed by atoms with Gasteiger partial charge in [0, 0.05) is 19.7 Å². The minimum atomic E-state index is -0.352. The molecular formula is C13H15ClFN3O. The molecule has 2 rings (SSSR count). The largest absolute Gasteiger partial charge is 0.344 e. The zero-order valence-corrected chi connectivity index (χ0v) is 11.6. The summed E-state index contributed by atoms with van der Waals surface area (Å²) in [5.41, 5.74) is 1.23. The summed E-state index contributed by atoms with van der Waals surface area (Å²) in [6.45, 7) is 2.70. The third kappa shape index (κ3) is 2.71. The topological polar surface area (TPSA) is 38.1 Å². The molecule has 0 unspecified atom stereocenters. The van der Waals surface area contributed by atoms with E-state index in [1.807, 2.05) is 6.92 Å². The van der Waals surface area contributed by atoms with E-state index in [0.717, 1.165) is 5.52 Å². The molecule has 1 aromatic carbocycles. The predicted molar refractivity (Wildman–Crippen MR) is 72.6 cm³/mol. The number of alkyl halides is 1. The average molecular weight is 284 g/mol. The maximum absolute atomic E-state index is 13.2. The summed E-state index contributed by atoms with van der Waals surface area (Å²) in [6.07, 6.45) is 0. The van der Waals surface area contributed by atoms with Crippen LogP contribution in [0.25, 0.3) is 11.0 Å². The number of halogens is 2. The normalized spacial score (nSPS) is 10.9. The molecule has 0 aliphatic carbocycles. The van der Waals surface area contributed by atoms with Gasteiger partial charge in [-0.2, -0.15) is 0 Å². The van der Waals surface area contributed by atoms with E-state index >= 15 is 0 Å². The number of aromatic nitrogens is 2. The maximum Gasteiger partial charge on any atom is 0.242 e. The summed E-state index contributed by atoms with van der Waals surface area (Å²) in [5.74, 6) is 0.368. The van der Waals surface area contributed by atoms with E-state index in [2.05, 4.69) is 4.98 Å². The number of hydrogen-bond donors (Lipinski definition) is 0. The third-order valence-corrected chi connectivity index (χ3v) is 3.34. The van der Waals surface area contributed by atoms with Crippen molar-refractivity contribution in [3.8, 4) is 0 Å². The molecule has 102 valence electrons. The Bertz CT molecular complexity index is 611. The van der Waals surface area contributed by atoms with Crippen LogP contribution < -0.4 is 0 Å². The fourth-order valence-corrected chi connectivity index (χ4v) is 2.07. The molecule has 0 bridgehead atoms. The van der Waals surface area contributed by atoms with Crippen molar-refractivity contribution in [1.29, 1.82) is 0 Å². The Morgan fingerprint density at radius 1 is 1.53 bits per heavy atom. The fourth-order valence-electron chi connectivity index (χ4n) is 1.86. The van der Waals surface area contributed by atoms with Gasteiger partial charge in [0.25, 0.3) is 0 Å². The Hall–Kier alpha value is -1.62. The number of likely N-dealkylation sites (N-methyl/N-ethyl adjacent to an activating group) is 1. The van der Waals surface area contributed by atoms with Crippen molar-refractivity contribution in [2.75, 3.05) is 13.6 Å². The molecule has 0 atom stereocenters. The lowest BCUT2D eigenvalue weighted by atomic mass is 10.3. The van der Waals surface area contributed by atoms with Crippen molar-refractivity contribution in [2.24, 2.45) is 0 Å². The third-order valence-electron chi connectivity index (χ3n) is 3.10. The van der Waals surface area contributed by atoms with Crippen LogP contribution in [0.1, 0.15) is 12.7 Å². The Labute approximate surface area is 115 Å². The van der Waals surface area contributed by atoms with Gasteiger partial charge in [-0.1, -0.05) is 0 Å². The molecule has 0 radical (unpaired) electrons. The number of hydrogen-bond acceptors (Lipinski definition) is 2. The molecule has 1 aromatic heterocycles. The van der Waals surface area contributed by atoms with Gasteiger partial charge in [0.1, 0.15) is 18.2 Å². The van der Waals surface area contributed by atoms with Crippen LogP contribution in [0.3, 0.4) is 0 Å². The zero-order valence-electron chi connectivity index (χ0n) is 10.9. The van der Waals surface area contributed by atoms with Gasteiger partial charge in [-0.25, -0.2) is 9.37 Å². The number of nitrogens with zero attached hydrogens (tertiary/aromatic N) is 3. The molecule has 0 saturated heterocycles. The second-order valence-electron chi connectivity index (χ2n) is 4.29. The van der Waals surface area contributed by atoms with Crippen molar-refractivity contribution in [3.63, 3.8) is 0 Å². The minimum absolute atomic E-state index is 0.0301. The number of fused-ring (bicyclic) bond motifs is 1. The van der Waals surface area contributed by atoms with E-state index in [1.165, 1.54) is 12.1 Å². The van der Waals surface area contributed by atoms with E-state index < -0.39 is 0 Å². The highest BCUT2D eigenvalue weighted by Crippen LogP contribution is 2.19. The highest BCUT2D eigenvalue weighted by molar-refractivity contribution is 6.16. The first kappa shape index (κ1) is 13.8. The molecule has 6 heteroatoms. The molecule has 0 fully saturated rings. The number of carbonyl (C=O) groups is 1. The summed E-state index contributed by atoms with van der Waals surface area (Å²) in [5, 5.41) is 0. The molecule has 2 aromatic rings. The first-order chi connectivity index (χ1) is 9.06. The Balaban J connectivity index is 2.43. The first-order valence-electron chi connectivity index (χ1n) is 6.01. The number of carbonyl (C=O) groups excluding carboxylic acids is 1. The highest BCUT2D eigenvalue weighted by Gasteiger charge is 2.15. The molecule has 0 aliphatic rings. The van der Waals surface area contributed by atoms with Crippen LogP contribution in [0.4, 0.5) is 4.39 Å². The van der Waals surface area contributed by atoms with Crippen molar-refractivity contribution < 1.29 is 9.18 Å². The van der Waals surface area contributed by atoms with Crippen LogP contribution in [0.15, 0.2) is 18.2 Å². The summed E-state index contributed by atoms with van der Waals surface area (Å²) in [7, 11) is 1.74. The van der Waals surface area contributed by atoms with Gasteiger partial charge in [-0.3, -0.25) is 4.79 Å². The molecule has 0 aliphatic heterocycles. The van der Waals surface area contributed by atoms with Gasteiger partial charge in [-0.05, 0) is 19.1 Å². The minimum Gasteiger partial charge on any atom is -0.344 e. The number of imidazole rings is 1. The smallest absolute Gasteiger partial charge is 0.242 e. The predicted octanol–water partition coefficient (Wildman–Crippen LogP) is 2.39. The van der Waals surface area contributed by atoms with Gasteiger partial charge in [-0.15, -0.1) is 11.6 Å². The lowest BCUT2D eigenvalue weighted by Crippen LogP contribution is -2.30. The molecule has 4 nitrogen and oxygen atoms in total. The average Bonchev–Trinajstić information content (AvgIpc) is 2.74. The summed E-state index contributed by atoms with van der Waals surface area (Å²) < 4.78 is 14.9. The molecule has 19 heavy (non-hydrogen) atoms. The fraction of sp³-hybridized carbons (Fsp3) is 0.385. The van der Waals surface area contributed by atoms with Crippen molar-refractivity contribution >= 4 is 28.5 Å². The van der Waals surface area contributed by atoms with E-state index in [-0.39, 0.29) is 24.1 Å². The van der Waals surface area contributed by atoms with Gasteiger partial charge >= 0.3 is 0 Å². The van der Waals surface area contributed by atoms with Gasteiger partial charge in [0.15, 0.2) is 0 Å². The van der Waals surface area contributed by atoms with Crippen LogP contribution in [-0.2, 0) is 17.2 Å². The van der Waals surface area contributed by atoms with E-state index in [1.54, 1.807) is 22.6 Å². The second-order valence-corrected chi connectivity index (χ2v) is 4.56.